The molecule has 3 rings (SSSR count). The van der Waals surface area contributed by atoms with Crippen LogP contribution in [0.3, 0.4) is 0 Å². The van der Waals surface area contributed by atoms with Crippen molar-refractivity contribution in [1.29, 1.82) is 0 Å². The van der Waals surface area contributed by atoms with Gasteiger partial charge in [0.15, 0.2) is 0 Å². The number of aliphatic hydroxyl groups excluding tert-OH is 1. The standard InChI is InChI=1S/C21H24O3/c1-2-3-4-12-20(22)16-9-7-10-18(13-16)23-15-21-19-11-6-5-8-17(19)14-24-21/h5-11,13-14,20,22H,2-4,12,15H2,1H3. The summed E-state index contributed by atoms with van der Waals surface area (Å²) in [6.45, 7) is 2.54. The molecule has 0 saturated heterocycles. The van der Waals surface area contributed by atoms with Gasteiger partial charge in [-0.15, -0.1) is 0 Å². The predicted octanol–water partition coefficient (Wildman–Crippen LogP) is 5.63. The van der Waals surface area contributed by atoms with E-state index in [1.54, 1.807) is 6.26 Å². The van der Waals surface area contributed by atoms with Gasteiger partial charge in [0.1, 0.15) is 18.1 Å². The summed E-state index contributed by atoms with van der Waals surface area (Å²) in [6, 6.07) is 15.7. The van der Waals surface area contributed by atoms with E-state index in [-0.39, 0.29) is 0 Å². The molecule has 1 atom stereocenters. The smallest absolute Gasteiger partial charge is 0.149 e. The molecule has 0 amide bonds. The van der Waals surface area contributed by atoms with Crippen LogP contribution in [0.2, 0.25) is 0 Å². The van der Waals surface area contributed by atoms with Crippen molar-refractivity contribution in [3.63, 3.8) is 0 Å². The molecule has 0 radical (unpaired) electrons. The van der Waals surface area contributed by atoms with E-state index in [0.29, 0.717) is 6.61 Å². The highest BCUT2D eigenvalue weighted by Gasteiger charge is 2.10. The van der Waals surface area contributed by atoms with Crippen LogP contribution >= 0.6 is 0 Å². The summed E-state index contributed by atoms with van der Waals surface area (Å²) in [4.78, 5) is 0. The van der Waals surface area contributed by atoms with E-state index < -0.39 is 6.10 Å². The first-order valence-corrected chi connectivity index (χ1v) is 8.64. The predicted molar refractivity (Wildman–Crippen MR) is 96.1 cm³/mol. The third-order valence-electron chi connectivity index (χ3n) is 4.28. The largest absolute Gasteiger partial charge is 0.486 e. The molecule has 3 nitrogen and oxygen atoms in total. The molecule has 1 heterocycles. The summed E-state index contributed by atoms with van der Waals surface area (Å²) in [7, 11) is 0. The van der Waals surface area contributed by atoms with Gasteiger partial charge in [-0.3, -0.25) is 0 Å². The maximum Gasteiger partial charge on any atom is 0.149 e. The van der Waals surface area contributed by atoms with Crippen molar-refractivity contribution in [3.05, 3.63) is 66.1 Å². The Morgan fingerprint density at radius 2 is 1.96 bits per heavy atom. The molecule has 0 aliphatic rings. The monoisotopic (exact) mass is 324 g/mol. The molecule has 1 aromatic heterocycles. The second-order valence-corrected chi connectivity index (χ2v) is 6.12. The van der Waals surface area contributed by atoms with Crippen LogP contribution in [0.1, 0.15) is 50.0 Å². The summed E-state index contributed by atoms with van der Waals surface area (Å²) < 4.78 is 11.5. The number of furan rings is 1. The lowest BCUT2D eigenvalue weighted by Gasteiger charge is -2.12. The van der Waals surface area contributed by atoms with Crippen LogP contribution in [0, 0.1) is 0 Å². The van der Waals surface area contributed by atoms with Crippen LogP contribution in [0.4, 0.5) is 0 Å². The highest BCUT2D eigenvalue weighted by molar-refractivity contribution is 5.83. The number of hydrogen-bond donors (Lipinski definition) is 1. The van der Waals surface area contributed by atoms with Crippen molar-refractivity contribution in [2.75, 3.05) is 0 Å². The molecular formula is C21H24O3. The lowest BCUT2D eigenvalue weighted by molar-refractivity contribution is 0.163. The molecule has 0 saturated carbocycles. The van der Waals surface area contributed by atoms with Gasteiger partial charge in [0.25, 0.3) is 0 Å². The van der Waals surface area contributed by atoms with Gasteiger partial charge in [-0.1, -0.05) is 62.6 Å². The zero-order valence-corrected chi connectivity index (χ0v) is 14.1. The number of benzene rings is 2. The van der Waals surface area contributed by atoms with E-state index in [1.807, 2.05) is 48.5 Å². The minimum atomic E-state index is -0.426. The Labute approximate surface area is 142 Å². The summed E-state index contributed by atoms with van der Waals surface area (Å²) in [5.41, 5.74) is 0.910. The van der Waals surface area contributed by atoms with Crippen LogP contribution < -0.4 is 4.74 Å². The maximum absolute atomic E-state index is 10.3. The number of fused-ring (bicyclic) bond motifs is 1. The van der Waals surface area contributed by atoms with Crippen LogP contribution in [-0.4, -0.2) is 5.11 Å². The average molecular weight is 324 g/mol. The van der Waals surface area contributed by atoms with E-state index in [1.165, 1.54) is 0 Å². The molecule has 0 spiro atoms. The van der Waals surface area contributed by atoms with Crippen molar-refractivity contribution in [2.24, 2.45) is 0 Å². The first-order chi connectivity index (χ1) is 11.8. The fourth-order valence-electron chi connectivity index (χ4n) is 2.88. The molecule has 2 aromatic carbocycles. The number of rotatable bonds is 8. The lowest BCUT2D eigenvalue weighted by atomic mass is 10.0. The second kappa shape index (κ2) is 8.02. The minimum Gasteiger partial charge on any atom is -0.486 e. The first kappa shape index (κ1) is 16.6. The van der Waals surface area contributed by atoms with E-state index in [9.17, 15) is 5.11 Å². The minimum absolute atomic E-state index is 0.378. The van der Waals surface area contributed by atoms with Gasteiger partial charge in [-0.2, -0.15) is 0 Å². The molecule has 1 N–H and O–H groups in total. The molecular weight excluding hydrogens is 300 g/mol. The number of ether oxygens (including phenoxy) is 1. The Bertz CT molecular complexity index is 775. The van der Waals surface area contributed by atoms with Crippen LogP contribution in [0.15, 0.2) is 59.2 Å². The fraction of sp³-hybridized carbons (Fsp3) is 0.333. The number of unbranched alkanes of at least 4 members (excludes halogenated alkanes) is 2. The Morgan fingerprint density at radius 3 is 2.83 bits per heavy atom. The van der Waals surface area contributed by atoms with Gasteiger partial charge >= 0.3 is 0 Å². The van der Waals surface area contributed by atoms with Crippen molar-refractivity contribution in [1.82, 2.24) is 0 Å². The zero-order valence-electron chi connectivity index (χ0n) is 14.1. The number of aliphatic hydroxyl groups is 1. The molecule has 0 aliphatic heterocycles. The second-order valence-electron chi connectivity index (χ2n) is 6.12. The highest BCUT2D eigenvalue weighted by Crippen LogP contribution is 2.26. The summed E-state index contributed by atoms with van der Waals surface area (Å²) in [6.07, 6.45) is 5.47. The van der Waals surface area contributed by atoms with Crippen molar-refractivity contribution >= 4 is 10.8 Å². The summed E-state index contributed by atoms with van der Waals surface area (Å²) in [5.74, 6) is 1.57. The van der Waals surface area contributed by atoms with Gasteiger partial charge in [-0.25, -0.2) is 0 Å². The van der Waals surface area contributed by atoms with Gasteiger partial charge in [0.05, 0.1) is 12.4 Å². The van der Waals surface area contributed by atoms with E-state index in [2.05, 4.69) is 6.92 Å². The molecule has 126 valence electrons. The molecule has 0 fully saturated rings. The van der Waals surface area contributed by atoms with Crippen molar-refractivity contribution in [3.8, 4) is 5.75 Å². The van der Waals surface area contributed by atoms with E-state index in [0.717, 1.165) is 53.5 Å². The lowest BCUT2D eigenvalue weighted by Crippen LogP contribution is -1.99. The van der Waals surface area contributed by atoms with Crippen LogP contribution in [0.5, 0.6) is 5.75 Å². The van der Waals surface area contributed by atoms with E-state index >= 15 is 0 Å². The third kappa shape index (κ3) is 3.98. The topological polar surface area (TPSA) is 42.6 Å². The molecule has 0 aliphatic carbocycles. The van der Waals surface area contributed by atoms with Gasteiger partial charge in [0, 0.05) is 10.8 Å². The summed E-state index contributed by atoms with van der Waals surface area (Å²) >= 11 is 0. The third-order valence-corrected chi connectivity index (χ3v) is 4.28. The van der Waals surface area contributed by atoms with Gasteiger partial charge in [-0.05, 0) is 24.1 Å². The number of hydrogen-bond acceptors (Lipinski definition) is 3. The Morgan fingerprint density at radius 1 is 1.08 bits per heavy atom. The quantitative estimate of drug-likeness (QED) is 0.546. The van der Waals surface area contributed by atoms with Crippen molar-refractivity contribution < 1.29 is 14.3 Å². The average Bonchev–Trinajstić information content (AvgIpc) is 3.03. The highest BCUT2D eigenvalue weighted by atomic mass is 16.5. The van der Waals surface area contributed by atoms with Crippen molar-refractivity contribution in [2.45, 2.75) is 45.3 Å². The van der Waals surface area contributed by atoms with Crippen LogP contribution in [-0.2, 0) is 6.61 Å². The molecule has 0 bridgehead atoms. The van der Waals surface area contributed by atoms with Gasteiger partial charge in [0.2, 0.25) is 0 Å². The molecule has 3 heteroatoms. The Kier molecular flexibility index (Phi) is 5.55. The van der Waals surface area contributed by atoms with Crippen LogP contribution in [0.25, 0.3) is 10.8 Å². The Balaban J connectivity index is 1.64. The normalized spacial score (nSPS) is 12.4. The molecule has 1 unspecified atom stereocenters. The summed E-state index contributed by atoms with van der Waals surface area (Å²) in [5, 5.41) is 12.4. The van der Waals surface area contributed by atoms with Gasteiger partial charge < -0.3 is 14.3 Å². The first-order valence-electron chi connectivity index (χ1n) is 8.64. The molecule has 24 heavy (non-hydrogen) atoms. The Hall–Kier alpha value is -2.26. The SMILES string of the molecule is CCCCCC(O)c1cccc(OCc2occ3ccccc23)c1. The maximum atomic E-state index is 10.3. The van der Waals surface area contributed by atoms with E-state index in [4.69, 9.17) is 9.15 Å². The molecule has 3 aromatic rings. The zero-order chi connectivity index (χ0) is 16.8. The fourth-order valence-corrected chi connectivity index (χ4v) is 2.88.